The number of esters is 1. The van der Waals surface area contributed by atoms with Gasteiger partial charge in [-0.05, 0) is 32.4 Å². The van der Waals surface area contributed by atoms with Crippen molar-refractivity contribution < 1.29 is 9.53 Å². The molecule has 0 radical (unpaired) electrons. The Kier molecular flexibility index (Phi) is 5.15. The number of carbonyl (C=O) groups is 1. The summed E-state index contributed by atoms with van der Waals surface area (Å²) in [7, 11) is 0. The van der Waals surface area contributed by atoms with E-state index < -0.39 is 5.54 Å². The van der Waals surface area contributed by atoms with E-state index in [-0.39, 0.29) is 5.97 Å². The molecule has 0 spiro atoms. The molecule has 0 bridgehead atoms. The van der Waals surface area contributed by atoms with Crippen molar-refractivity contribution in [2.45, 2.75) is 25.8 Å². The SMILES string of the molecule is CCOC(=O)C(C)(c1ccccc1)N1CCCNCC1. The van der Waals surface area contributed by atoms with Crippen LogP contribution in [0.25, 0.3) is 0 Å². The van der Waals surface area contributed by atoms with Gasteiger partial charge in [0.2, 0.25) is 0 Å². The highest BCUT2D eigenvalue weighted by molar-refractivity contribution is 5.82. The Morgan fingerprint density at radius 2 is 2.05 bits per heavy atom. The molecule has 1 N–H and O–H groups in total. The highest BCUT2D eigenvalue weighted by atomic mass is 16.5. The molecule has 1 aromatic rings. The maximum atomic E-state index is 12.6. The van der Waals surface area contributed by atoms with Gasteiger partial charge in [-0.25, -0.2) is 4.79 Å². The molecule has 20 heavy (non-hydrogen) atoms. The van der Waals surface area contributed by atoms with Crippen molar-refractivity contribution in [3.8, 4) is 0 Å². The van der Waals surface area contributed by atoms with Gasteiger partial charge in [-0.15, -0.1) is 0 Å². The second-order valence-corrected chi connectivity index (χ2v) is 5.25. The Morgan fingerprint density at radius 3 is 2.75 bits per heavy atom. The fraction of sp³-hybridized carbons (Fsp3) is 0.562. The van der Waals surface area contributed by atoms with Gasteiger partial charge in [0.25, 0.3) is 0 Å². The summed E-state index contributed by atoms with van der Waals surface area (Å²) in [6, 6.07) is 9.94. The average Bonchev–Trinajstić information content (AvgIpc) is 2.77. The zero-order valence-corrected chi connectivity index (χ0v) is 12.4. The summed E-state index contributed by atoms with van der Waals surface area (Å²) >= 11 is 0. The van der Waals surface area contributed by atoms with Crippen LogP contribution in [0.3, 0.4) is 0 Å². The Bertz CT molecular complexity index is 427. The second-order valence-electron chi connectivity index (χ2n) is 5.25. The summed E-state index contributed by atoms with van der Waals surface area (Å²) < 4.78 is 5.35. The maximum Gasteiger partial charge on any atom is 0.330 e. The number of ether oxygens (including phenoxy) is 1. The van der Waals surface area contributed by atoms with Crippen LogP contribution in [-0.4, -0.2) is 43.7 Å². The minimum absolute atomic E-state index is 0.159. The predicted octanol–water partition coefficient (Wildman–Crippen LogP) is 1.76. The van der Waals surface area contributed by atoms with Crippen LogP contribution in [0.1, 0.15) is 25.8 Å². The van der Waals surface area contributed by atoms with Crippen LogP contribution >= 0.6 is 0 Å². The van der Waals surface area contributed by atoms with Crippen LogP contribution < -0.4 is 5.32 Å². The fourth-order valence-electron chi connectivity index (χ4n) is 2.76. The minimum Gasteiger partial charge on any atom is -0.464 e. The lowest BCUT2D eigenvalue weighted by molar-refractivity contribution is -0.157. The minimum atomic E-state index is -0.705. The summed E-state index contributed by atoms with van der Waals surface area (Å²) in [6.07, 6.45) is 1.04. The average molecular weight is 276 g/mol. The third kappa shape index (κ3) is 3.02. The van der Waals surface area contributed by atoms with Crippen molar-refractivity contribution in [2.75, 3.05) is 32.8 Å². The topological polar surface area (TPSA) is 41.6 Å². The molecule has 4 heteroatoms. The smallest absolute Gasteiger partial charge is 0.330 e. The molecule has 0 aliphatic carbocycles. The van der Waals surface area contributed by atoms with Crippen LogP contribution in [0.2, 0.25) is 0 Å². The molecule has 0 aromatic heterocycles. The molecule has 1 heterocycles. The van der Waals surface area contributed by atoms with Crippen molar-refractivity contribution in [2.24, 2.45) is 0 Å². The summed E-state index contributed by atoms with van der Waals surface area (Å²) in [5, 5.41) is 3.38. The Hall–Kier alpha value is -1.39. The molecule has 4 nitrogen and oxygen atoms in total. The molecule has 110 valence electrons. The van der Waals surface area contributed by atoms with E-state index in [9.17, 15) is 4.79 Å². The van der Waals surface area contributed by atoms with E-state index in [2.05, 4.69) is 10.2 Å². The molecule has 1 atom stereocenters. The molecule has 1 aromatic carbocycles. The first kappa shape index (κ1) is 15.0. The van der Waals surface area contributed by atoms with Crippen molar-refractivity contribution in [1.82, 2.24) is 10.2 Å². The third-order valence-electron chi connectivity index (χ3n) is 3.98. The Morgan fingerprint density at radius 1 is 1.30 bits per heavy atom. The van der Waals surface area contributed by atoms with Crippen LogP contribution in [0.4, 0.5) is 0 Å². The number of carbonyl (C=O) groups excluding carboxylic acids is 1. The van der Waals surface area contributed by atoms with Crippen LogP contribution in [0.5, 0.6) is 0 Å². The predicted molar refractivity (Wildman–Crippen MR) is 79.5 cm³/mol. The normalized spacial score (nSPS) is 19.9. The fourth-order valence-corrected chi connectivity index (χ4v) is 2.76. The van der Waals surface area contributed by atoms with Gasteiger partial charge in [0, 0.05) is 19.6 Å². The lowest BCUT2D eigenvalue weighted by Gasteiger charge is -2.38. The molecule has 1 aliphatic rings. The molecule has 1 aliphatic heterocycles. The maximum absolute atomic E-state index is 12.6. The van der Waals surface area contributed by atoms with Crippen LogP contribution in [0.15, 0.2) is 30.3 Å². The highest BCUT2D eigenvalue weighted by Crippen LogP contribution is 2.30. The first-order valence-corrected chi connectivity index (χ1v) is 7.38. The van der Waals surface area contributed by atoms with Gasteiger partial charge in [-0.3, -0.25) is 4.90 Å². The monoisotopic (exact) mass is 276 g/mol. The first-order chi connectivity index (χ1) is 9.69. The van der Waals surface area contributed by atoms with E-state index in [0.717, 1.165) is 38.2 Å². The van der Waals surface area contributed by atoms with E-state index in [1.165, 1.54) is 0 Å². The quantitative estimate of drug-likeness (QED) is 0.851. The van der Waals surface area contributed by atoms with Gasteiger partial charge in [0.15, 0.2) is 0 Å². The second kappa shape index (κ2) is 6.86. The molecular formula is C16H24N2O2. The lowest BCUT2D eigenvalue weighted by Crippen LogP contribution is -2.52. The lowest BCUT2D eigenvalue weighted by atomic mass is 9.89. The molecule has 0 saturated carbocycles. The Labute approximate surface area is 121 Å². The van der Waals surface area contributed by atoms with E-state index >= 15 is 0 Å². The largest absolute Gasteiger partial charge is 0.464 e. The van der Waals surface area contributed by atoms with Crippen LogP contribution in [0, 0.1) is 0 Å². The first-order valence-electron chi connectivity index (χ1n) is 7.38. The zero-order valence-electron chi connectivity index (χ0n) is 12.4. The van der Waals surface area contributed by atoms with Gasteiger partial charge >= 0.3 is 5.97 Å². The molecule has 0 amide bonds. The number of hydrogen-bond donors (Lipinski definition) is 1. The van der Waals surface area contributed by atoms with Crippen molar-refractivity contribution in [3.63, 3.8) is 0 Å². The van der Waals surface area contributed by atoms with Gasteiger partial charge in [0.05, 0.1) is 6.61 Å². The third-order valence-corrected chi connectivity index (χ3v) is 3.98. The highest BCUT2D eigenvalue weighted by Gasteiger charge is 2.42. The number of benzene rings is 1. The summed E-state index contributed by atoms with van der Waals surface area (Å²) in [5.74, 6) is -0.159. The standard InChI is InChI=1S/C16H24N2O2/c1-3-20-15(19)16(2,14-8-5-4-6-9-14)18-12-7-10-17-11-13-18/h4-6,8-9,17H,3,7,10-13H2,1-2H3. The molecule has 1 saturated heterocycles. The van der Waals surface area contributed by atoms with Crippen molar-refractivity contribution >= 4 is 5.97 Å². The molecule has 1 unspecified atom stereocenters. The number of rotatable bonds is 4. The molecular weight excluding hydrogens is 252 g/mol. The number of hydrogen-bond acceptors (Lipinski definition) is 4. The van der Waals surface area contributed by atoms with Crippen molar-refractivity contribution in [1.29, 1.82) is 0 Å². The molecule has 1 fully saturated rings. The van der Waals surface area contributed by atoms with Gasteiger partial charge < -0.3 is 10.1 Å². The van der Waals surface area contributed by atoms with Crippen LogP contribution in [-0.2, 0) is 15.1 Å². The summed E-state index contributed by atoms with van der Waals surface area (Å²) in [4.78, 5) is 14.8. The number of nitrogens with zero attached hydrogens (tertiary/aromatic N) is 1. The zero-order chi connectivity index (χ0) is 14.4. The van der Waals surface area contributed by atoms with E-state index in [1.807, 2.05) is 44.2 Å². The summed E-state index contributed by atoms with van der Waals surface area (Å²) in [5.41, 5.74) is 0.295. The van der Waals surface area contributed by atoms with Gasteiger partial charge in [-0.2, -0.15) is 0 Å². The van der Waals surface area contributed by atoms with Gasteiger partial charge in [0.1, 0.15) is 5.54 Å². The van der Waals surface area contributed by atoms with E-state index in [1.54, 1.807) is 0 Å². The van der Waals surface area contributed by atoms with E-state index in [4.69, 9.17) is 4.74 Å². The molecule has 2 rings (SSSR count). The van der Waals surface area contributed by atoms with Gasteiger partial charge in [-0.1, -0.05) is 30.3 Å². The summed E-state index contributed by atoms with van der Waals surface area (Å²) in [6.45, 7) is 7.90. The van der Waals surface area contributed by atoms with E-state index in [0.29, 0.717) is 6.61 Å². The van der Waals surface area contributed by atoms with Crippen molar-refractivity contribution in [3.05, 3.63) is 35.9 Å². The Balaban J connectivity index is 2.34. The number of nitrogens with one attached hydrogen (secondary N) is 1.